The van der Waals surface area contributed by atoms with E-state index < -0.39 is 11.9 Å². The number of nitrogens with one attached hydrogen (secondary N) is 1. The lowest BCUT2D eigenvalue weighted by atomic mass is 10.3. The molecule has 0 unspecified atom stereocenters. The molecule has 5 heteroatoms. The van der Waals surface area contributed by atoms with Gasteiger partial charge < -0.3 is 5.32 Å². The van der Waals surface area contributed by atoms with E-state index in [0.717, 1.165) is 5.56 Å². The van der Waals surface area contributed by atoms with Crippen molar-refractivity contribution in [3.63, 3.8) is 0 Å². The normalized spacial score (nSPS) is 10.0. The fourth-order valence-corrected chi connectivity index (χ4v) is 1.35. The van der Waals surface area contributed by atoms with Crippen molar-refractivity contribution >= 4 is 11.6 Å². The summed E-state index contributed by atoms with van der Waals surface area (Å²) in [6.45, 7) is 1.86. The molecule has 0 aliphatic rings. The van der Waals surface area contributed by atoms with Crippen LogP contribution in [0.2, 0.25) is 0 Å². The Kier molecular flexibility index (Phi) is 3.09. The largest absolute Gasteiger partial charge is 0.319 e. The zero-order chi connectivity index (χ0) is 12.3. The van der Waals surface area contributed by atoms with E-state index in [4.69, 9.17) is 0 Å². The fourth-order valence-electron chi connectivity index (χ4n) is 1.35. The van der Waals surface area contributed by atoms with Crippen molar-refractivity contribution in [1.82, 2.24) is 9.97 Å². The van der Waals surface area contributed by atoms with Crippen molar-refractivity contribution in [2.24, 2.45) is 0 Å². The zero-order valence-electron chi connectivity index (χ0n) is 9.14. The van der Waals surface area contributed by atoms with Gasteiger partial charge in [-0.3, -0.25) is 9.78 Å². The Morgan fingerprint density at radius 2 is 2.18 bits per heavy atom. The summed E-state index contributed by atoms with van der Waals surface area (Å²) in [4.78, 5) is 19.1. The van der Waals surface area contributed by atoms with Crippen molar-refractivity contribution in [3.8, 4) is 0 Å². The lowest BCUT2D eigenvalue weighted by Gasteiger charge is -2.04. The number of carbonyl (C=O) groups is 1. The third-order valence-corrected chi connectivity index (χ3v) is 2.08. The van der Waals surface area contributed by atoms with Crippen LogP contribution in [-0.4, -0.2) is 15.9 Å². The highest BCUT2D eigenvalue weighted by Crippen LogP contribution is 2.09. The van der Waals surface area contributed by atoms with Crippen molar-refractivity contribution < 1.29 is 9.18 Å². The molecule has 1 N–H and O–H groups in total. The molecule has 0 aliphatic carbocycles. The van der Waals surface area contributed by atoms with E-state index in [2.05, 4.69) is 15.3 Å². The molecule has 0 aliphatic heterocycles. The van der Waals surface area contributed by atoms with Crippen LogP contribution in [0, 0.1) is 12.9 Å². The van der Waals surface area contributed by atoms with Gasteiger partial charge in [0.25, 0.3) is 5.91 Å². The molecule has 86 valence electrons. The van der Waals surface area contributed by atoms with Gasteiger partial charge in [0.1, 0.15) is 5.69 Å². The predicted molar refractivity (Wildman–Crippen MR) is 61.1 cm³/mol. The molecule has 2 heterocycles. The lowest BCUT2D eigenvalue weighted by molar-refractivity contribution is 0.102. The van der Waals surface area contributed by atoms with Gasteiger partial charge in [0.05, 0.1) is 11.9 Å². The molecule has 2 rings (SSSR count). The second-order valence-electron chi connectivity index (χ2n) is 3.55. The average Bonchev–Trinajstić information content (AvgIpc) is 2.29. The molecule has 0 atom stereocenters. The highest BCUT2D eigenvalue weighted by molar-refractivity contribution is 6.02. The number of anilines is 1. The first-order chi connectivity index (χ1) is 8.15. The van der Waals surface area contributed by atoms with Gasteiger partial charge in [-0.05, 0) is 30.7 Å². The second kappa shape index (κ2) is 4.69. The van der Waals surface area contributed by atoms with Crippen molar-refractivity contribution in [3.05, 3.63) is 53.9 Å². The molecular weight excluding hydrogens is 221 g/mol. The van der Waals surface area contributed by atoms with Gasteiger partial charge in [0, 0.05) is 6.20 Å². The van der Waals surface area contributed by atoms with Gasteiger partial charge in [-0.15, -0.1) is 0 Å². The molecule has 0 bridgehead atoms. The van der Waals surface area contributed by atoms with Gasteiger partial charge in [-0.1, -0.05) is 6.07 Å². The first-order valence-electron chi connectivity index (χ1n) is 5.01. The highest BCUT2D eigenvalue weighted by Gasteiger charge is 2.08. The zero-order valence-corrected chi connectivity index (χ0v) is 9.14. The van der Waals surface area contributed by atoms with Gasteiger partial charge >= 0.3 is 0 Å². The molecule has 0 saturated carbocycles. The molecule has 0 saturated heterocycles. The molecule has 0 aromatic carbocycles. The highest BCUT2D eigenvalue weighted by atomic mass is 19.1. The number of amides is 1. The monoisotopic (exact) mass is 231 g/mol. The van der Waals surface area contributed by atoms with Crippen molar-refractivity contribution in [1.29, 1.82) is 0 Å². The molecule has 0 spiro atoms. The Morgan fingerprint density at radius 3 is 2.88 bits per heavy atom. The number of hydrogen-bond acceptors (Lipinski definition) is 3. The van der Waals surface area contributed by atoms with E-state index in [1.165, 1.54) is 24.4 Å². The van der Waals surface area contributed by atoms with Gasteiger partial charge in [0.2, 0.25) is 5.95 Å². The Morgan fingerprint density at radius 1 is 1.35 bits per heavy atom. The number of hydrogen-bond donors (Lipinski definition) is 1. The van der Waals surface area contributed by atoms with E-state index >= 15 is 0 Å². The molecule has 1 amide bonds. The van der Waals surface area contributed by atoms with Crippen molar-refractivity contribution in [2.45, 2.75) is 6.92 Å². The Hall–Kier alpha value is -2.30. The summed E-state index contributed by atoms with van der Waals surface area (Å²) in [5.74, 6) is -1.14. The third kappa shape index (κ3) is 2.84. The minimum absolute atomic E-state index is 0.0338. The number of aryl methyl sites for hydroxylation is 1. The van der Waals surface area contributed by atoms with E-state index in [1.54, 1.807) is 12.3 Å². The number of pyridine rings is 2. The number of rotatable bonds is 2. The van der Waals surface area contributed by atoms with Crippen LogP contribution >= 0.6 is 0 Å². The van der Waals surface area contributed by atoms with Gasteiger partial charge in [-0.2, -0.15) is 4.39 Å². The lowest BCUT2D eigenvalue weighted by Crippen LogP contribution is -2.14. The molecule has 0 radical (unpaired) electrons. The maximum atomic E-state index is 12.8. The third-order valence-electron chi connectivity index (χ3n) is 2.08. The quantitative estimate of drug-likeness (QED) is 0.806. The predicted octanol–water partition coefficient (Wildman–Crippen LogP) is 2.18. The summed E-state index contributed by atoms with van der Waals surface area (Å²) in [6.07, 6.45) is 3.19. The number of aromatic nitrogens is 2. The molecule has 4 nitrogen and oxygen atoms in total. The maximum absolute atomic E-state index is 12.8. The first kappa shape index (κ1) is 11.2. The minimum Gasteiger partial charge on any atom is -0.319 e. The molecule has 0 fully saturated rings. The summed E-state index contributed by atoms with van der Waals surface area (Å²) in [6, 6.07) is 5.84. The molecule has 2 aromatic rings. The number of nitrogens with zero attached hydrogens (tertiary/aromatic N) is 2. The van der Waals surface area contributed by atoms with Crippen LogP contribution in [0.3, 0.4) is 0 Å². The van der Waals surface area contributed by atoms with Gasteiger partial charge in [-0.25, -0.2) is 4.98 Å². The Bertz CT molecular complexity index is 557. The summed E-state index contributed by atoms with van der Waals surface area (Å²) in [5, 5.41) is 2.60. The van der Waals surface area contributed by atoms with E-state index in [-0.39, 0.29) is 5.69 Å². The molecular formula is C12H10FN3O. The summed E-state index contributed by atoms with van der Waals surface area (Å²) >= 11 is 0. The first-order valence-corrected chi connectivity index (χ1v) is 5.01. The van der Waals surface area contributed by atoms with E-state index in [9.17, 15) is 9.18 Å². The van der Waals surface area contributed by atoms with Gasteiger partial charge in [0.15, 0.2) is 0 Å². The second-order valence-corrected chi connectivity index (χ2v) is 3.55. The molecule has 17 heavy (non-hydrogen) atoms. The minimum atomic E-state index is -0.681. The van der Waals surface area contributed by atoms with Crippen LogP contribution in [0.15, 0.2) is 36.7 Å². The summed E-state index contributed by atoms with van der Waals surface area (Å²) in [7, 11) is 0. The van der Waals surface area contributed by atoms with Crippen LogP contribution in [-0.2, 0) is 0 Å². The van der Waals surface area contributed by atoms with Crippen LogP contribution in [0.4, 0.5) is 10.1 Å². The smallest absolute Gasteiger partial charge is 0.274 e. The standard InChI is InChI=1S/C12H10FN3O/c1-8-5-9(7-14-6-8)15-12(17)10-3-2-4-11(13)16-10/h2-7H,1H3,(H,15,17). The Labute approximate surface area is 97.5 Å². The van der Waals surface area contributed by atoms with Crippen molar-refractivity contribution in [2.75, 3.05) is 5.32 Å². The summed E-state index contributed by atoms with van der Waals surface area (Å²) < 4.78 is 12.8. The topological polar surface area (TPSA) is 54.9 Å². The van der Waals surface area contributed by atoms with Crippen LogP contribution in [0.1, 0.15) is 16.1 Å². The Balaban J connectivity index is 2.17. The van der Waals surface area contributed by atoms with E-state index in [0.29, 0.717) is 5.69 Å². The number of halogens is 1. The summed E-state index contributed by atoms with van der Waals surface area (Å²) in [5.41, 5.74) is 1.52. The SMILES string of the molecule is Cc1cncc(NC(=O)c2cccc(F)n2)c1. The van der Waals surface area contributed by atoms with Crippen LogP contribution in [0.5, 0.6) is 0 Å². The maximum Gasteiger partial charge on any atom is 0.274 e. The fraction of sp³-hybridized carbons (Fsp3) is 0.0833. The molecule has 2 aromatic heterocycles. The van der Waals surface area contributed by atoms with Crippen LogP contribution in [0.25, 0.3) is 0 Å². The average molecular weight is 231 g/mol. The van der Waals surface area contributed by atoms with E-state index in [1.807, 2.05) is 6.92 Å². The van der Waals surface area contributed by atoms with Crippen LogP contribution < -0.4 is 5.32 Å². The number of carbonyl (C=O) groups excluding carboxylic acids is 1.